The van der Waals surface area contributed by atoms with E-state index in [1.165, 1.54) is 0 Å². The smallest absolute Gasteiger partial charge is 0.407 e. The van der Waals surface area contributed by atoms with Gasteiger partial charge < -0.3 is 25.2 Å². The minimum absolute atomic E-state index is 0.0890. The number of carboxylic acid groups (broad SMARTS) is 1. The number of rotatable bonds is 14. The molecular formula is C32H37N3O6. The molecule has 216 valence electrons. The van der Waals surface area contributed by atoms with Crippen LogP contribution in [0.4, 0.5) is 4.79 Å². The van der Waals surface area contributed by atoms with Crippen molar-refractivity contribution in [3.05, 3.63) is 95.6 Å². The van der Waals surface area contributed by atoms with Crippen molar-refractivity contribution in [2.24, 2.45) is 0 Å². The Kier molecular flexibility index (Phi) is 10.5. The zero-order valence-electron chi connectivity index (χ0n) is 23.4. The van der Waals surface area contributed by atoms with Crippen LogP contribution in [0.2, 0.25) is 0 Å². The zero-order valence-corrected chi connectivity index (χ0v) is 23.4. The van der Waals surface area contributed by atoms with Crippen molar-refractivity contribution in [1.82, 2.24) is 15.5 Å². The number of amides is 2. The van der Waals surface area contributed by atoms with Gasteiger partial charge >= 0.3 is 12.1 Å². The lowest BCUT2D eigenvalue weighted by Gasteiger charge is -2.25. The molecule has 0 saturated carbocycles. The predicted molar refractivity (Wildman–Crippen MR) is 155 cm³/mol. The van der Waals surface area contributed by atoms with E-state index in [-0.39, 0.29) is 25.5 Å². The van der Waals surface area contributed by atoms with Crippen molar-refractivity contribution in [2.45, 2.75) is 37.4 Å². The Morgan fingerprint density at radius 1 is 0.878 bits per heavy atom. The molecule has 4 rings (SSSR count). The van der Waals surface area contributed by atoms with Crippen molar-refractivity contribution in [3.8, 4) is 11.1 Å². The minimum atomic E-state index is -1.16. The highest BCUT2D eigenvalue weighted by Crippen LogP contribution is 2.44. The summed E-state index contributed by atoms with van der Waals surface area (Å²) in [7, 11) is 3.34. The van der Waals surface area contributed by atoms with Crippen molar-refractivity contribution < 1.29 is 29.0 Å². The van der Waals surface area contributed by atoms with Gasteiger partial charge in [-0.3, -0.25) is 9.69 Å². The van der Waals surface area contributed by atoms with E-state index in [0.29, 0.717) is 19.6 Å². The van der Waals surface area contributed by atoms with Gasteiger partial charge in [-0.25, -0.2) is 9.59 Å². The number of carbonyl (C=O) groups is 3. The molecule has 3 aromatic carbocycles. The maximum atomic E-state index is 13.2. The lowest BCUT2D eigenvalue weighted by Crippen LogP contribution is -2.54. The maximum Gasteiger partial charge on any atom is 0.407 e. The monoisotopic (exact) mass is 559 g/mol. The normalized spacial score (nSPS) is 13.6. The third-order valence-corrected chi connectivity index (χ3v) is 7.20. The van der Waals surface area contributed by atoms with Crippen LogP contribution in [0.5, 0.6) is 0 Å². The molecule has 0 aromatic heterocycles. The van der Waals surface area contributed by atoms with Gasteiger partial charge in [-0.1, -0.05) is 78.9 Å². The highest BCUT2D eigenvalue weighted by Gasteiger charge is 2.31. The molecule has 2 unspecified atom stereocenters. The number of fused-ring (bicyclic) bond motifs is 3. The van der Waals surface area contributed by atoms with Crippen LogP contribution in [0.1, 0.15) is 35.4 Å². The maximum absolute atomic E-state index is 13.2. The van der Waals surface area contributed by atoms with Crippen LogP contribution in [0.25, 0.3) is 11.1 Å². The number of nitrogens with zero attached hydrogens (tertiary/aromatic N) is 1. The van der Waals surface area contributed by atoms with E-state index in [1.54, 1.807) is 14.2 Å². The number of hydrogen-bond acceptors (Lipinski definition) is 6. The average molecular weight is 560 g/mol. The second kappa shape index (κ2) is 14.4. The van der Waals surface area contributed by atoms with E-state index in [0.717, 1.165) is 27.8 Å². The molecule has 9 heteroatoms. The largest absolute Gasteiger partial charge is 0.480 e. The Balaban J connectivity index is 1.37. The molecule has 3 aromatic rings. The van der Waals surface area contributed by atoms with Gasteiger partial charge in [0.1, 0.15) is 18.7 Å². The number of aliphatic carboxylic acids is 1. The Morgan fingerprint density at radius 3 is 2.10 bits per heavy atom. The SMILES string of the molecule is COCCCC(NC(=O)OCC1c2ccccc2-c2ccccc21)C(=O)NC(CN(C)Cc1ccccc1)C(=O)O. The number of methoxy groups -OCH3 is 1. The summed E-state index contributed by atoms with van der Waals surface area (Å²) in [6.07, 6.45) is 0.0115. The third-order valence-electron chi connectivity index (χ3n) is 7.20. The number of ether oxygens (including phenoxy) is 2. The van der Waals surface area contributed by atoms with Crippen molar-refractivity contribution in [1.29, 1.82) is 0 Å². The van der Waals surface area contributed by atoms with Crippen molar-refractivity contribution >= 4 is 18.0 Å². The number of carboxylic acids is 1. The molecule has 2 atom stereocenters. The summed E-state index contributed by atoms with van der Waals surface area (Å²) in [4.78, 5) is 39.9. The number of alkyl carbamates (subject to hydrolysis) is 1. The van der Waals surface area contributed by atoms with Crippen molar-refractivity contribution in [3.63, 3.8) is 0 Å². The van der Waals surface area contributed by atoms with Gasteiger partial charge in [0.15, 0.2) is 0 Å². The van der Waals surface area contributed by atoms with Gasteiger partial charge in [0.05, 0.1) is 0 Å². The summed E-state index contributed by atoms with van der Waals surface area (Å²) in [6, 6.07) is 23.6. The van der Waals surface area contributed by atoms with Crippen LogP contribution in [-0.2, 0) is 25.6 Å². The van der Waals surface area contributed by atoms with Gasteiger partial charge in [-0.2, -0.15) is 0 Å². The second-order valence-electron chi connectivity index (χ2n) is 10.2. The Hall–Kier alpha value is -4.21. The summed E-state index contributed by atoms with van der Waals surface area (Å²) in [6.45, 7) is 1.11. The van der Waals surface area contributed by atoms with Gasteiger partial charge in [-0.05, 0) is 47.7 Å². The fourth-order valence-corrected chi connectivity index (χ4v) is 5.21. The molecule has 3 N–H and O–H groups in total. The van der Waals surface area contributed by atoms with Crippen LogP contribution in [0.15, 0.2) is 78.9 Å². The van der Waals surface area contributed by atoms with Crippen LogP contribution < -0.4 is 10.6 Å². The van der Waals surface area contributed by atoms with E-state index in [4.69, 9.17) is 9.47 Å². The molecule has 9 nitrogen and oxygen atoms in total. The predicted octanol–water partition coefficient (Wildman–Crippen LogP) is 4.02. The molecule has 0 bridgehead atoms. The fraction of sp³-hybridized carbons (Fsp3) is 0.344. The first-order valence-electron chi connectivity index (χ1n) is 13.7. The third kappa shape index (κ3) is 7.93. The van der Waals surface area contributed by atoms with Crippen LogP contribution in [0.3, 0.4) is 0 Å². The van der Waals surface area contributed by atoms with E-state index in [2.05, 4.69) is 22.8 Å². The van der Waals surface area contributed by atoms with E-state index >= 15 is 0 Å². The summed E-state index contributed by atoms with van der Waals surface area (Å²) in [5, 5.41) is 15.1. The molecule has 0 radical (unpaired) electrons. The van der Waals surface area contributed by atoms with Gasteiger partial charge in [-0.15, -0.1) is 0 Å². The van der Waals surface area contributed by atoms with Gasteiger partial charge in [0, 0.05) is 32.7 Å². The molecule has 0 aliphatic heterocycles. The molecule has 0 heterocycles. The first-order valence-corrected chi connectivity index (χ1v) is 13.7. The molecule has 1 aliphatic carbocycles. The Morgan fingerprint density at radius 2 is 1.49 bits per heavy atom. The molecule has 41 heavy (non-hydrogen) atoms. The summed E-state index contributed by atoms with van der Waals surface area (Å²) >= 11 is 0. The van der Waals surface area contributed by atoms with Crippen LogP contribution >= 0.6 is 0 Å². The number of benzene rings is 3. The molecule has 2 amide bonds. The minimum Gasteiger partial charge on any atom is -0.480 e. The second-order valence-corrected chi connectivity index (χ2v) is 10.2. The van der Waals surface area contributed by atoms with Crippen LogP contribution in [0, 0.1) is 0 Å². The van der Waals surface area contributed by atoms with E-state index < -0.39 is 30.1 Å². The van der Waals surface area contributed by atoms with Gasteiger partial charge in [0.25, 0.3) is 0 Å². The molecule has 0 saturated heterocycles. The first-order chi connectivity index (χ1) is 19.9. The van der Waals surface area contributed by atoms with E-state index in [9.17, 15) is 19.5 Å². The van der Waals surface area contributed by atoms with E-state index in [1.807, 2.05) is 71.6 Å². The van der Waals surface area contributed by atoms with Crippen LogP contribution in [-0.4, -0.2) is 74.0 Å². The number of hydrogen-bond donors (Lipinski definition) is 3. The summed E-state index contributed by atoms with van der Waals surface area (Å²) < 4.78 is 10.7. The fourth-order valence-electron chi connectivity index (χ4n) is 5.21. The summed E-state index contributed by atoms with van der Waals surface area (Å²) in [5.74, 6) is -1.87. The Labute approximate surface area is 240 Å². The van der Waals surface area contributed by atoms with Gasteiger partial charge in [0.2, 0.25) is 5.91 Å². The zero-order chi connectivity index (χ0) is 29.2. The molecule has 0 spiro atoms. The highest BCUT2D eigenvalue weighted by molar-refractivity contribution is 5.89. The summed E-state index contributed by atoms with van der Waals surface area (Å²) in [5.41, 5.74) is 5.43. The molecule has 0 fully saturated rings. The quantitative estimate of drug-likeness (QED) is 0.256. The number of nitrogens with one attached hydrogen (secondary N) is 2. The number of carbonyl (C=O) groups excluding carboxylic acids is 2. The topological polar surface area (TPSA) is 117 Å². The Bertz CT molecular complexity index is 1290. The highest BCUT2D eigenvalue weighted by atomic mass is 16.5. The first kappa shape index (κ1) is 29.8. The lowest BCUT2D eigenvalue weighted by molar-refractivity contribution is -0.142. The van der Waals surface area contributed by atoms with Crippen molar-refractivity contribution in [2.75, 3.05) is 33.9 Å². The average Bonchev–Trinajstić information content (AvgIpc) is 3.29. The standard InChI is InChI=1S/C32H37N3O6/c1-35(19-22-11-4-3-5-12-22)20-29(31(37)38)33-30(36)28(17-10-18-40-2)34-32(39)41-21-27-25-15-8-6-13-23(25)24-14-7-9-16-26(24)27/h3-9,11-16,27-29H,10,17-21H2,1-2H3,(H,33,36)(H,34,39)(H,37,38). The number of likely N-dealkylation sites (N-methyl/N-ethyl adjacent to an activating group) is 1. The molecule has 1 aliphatic rings. The lowest BCUT2D eigenvalue weighted by atomic mass is 9.98. The molecular weight excluding hydrogens is 522 g/mol.